The van der Waals surface area contributed by atoms with E-state index in [1.165, 1.54) is 6.92 Å². The van der Waals surface area contributed by atoms with E-state index in [2.05, 4.69) is 21.3 Å². The predicted molar refractivity (Wildman–Crippen MR) is 217 cm³/mol. The average molecular weight is 994 g/mol. The van der Waals surface area contributed by atoms with Gasteiger partial charge in [-0.3, -0.25) is 24.1 Å². The van der Waals surface area contributed by atoms with Gasteiger partial charge in [-0.1, -0.05) is 0 Å². The first-order valence-electron chi connectivity index (χ1n) is 21.8. The molecule has 4 amide bonds. The van der Waals surface area contributed by atoms with Gasteiger partial charge in [0.25, 0.3) is 0 Å². The number of nitrogens with zero attached hydrogens (tertiary/aromatic N) is 1. The summed E-state index contributed by atoms with van der Waals surface area (Å²) in [7, 11) is 0. The van der Waals surface area contributed by atoms with Crippen LogP contribution in [0.1, 0.15) is 13.8 Å². The highest BCUT2D eigenvalue weighted by Crippen LogP contribution is 2.31. The third-order valence-corrected chi connectivity index (χ3v) is 11.2. The monoisotopic (exact) mass is 993 g/mol. The molecular weight excluding hydrogens is 926 g/mol. The van der Waals surface area contributed by atoms with Crippen molar-refractivity contribution in [3.05, 3.63) is 0 Å². The summed E-state index contributed by atoms with van der Waals surface area (Å²) in [5.74, 6) is -2.66. The number of hydrogen-bond acceptors (Lipinski definition) is 26. The number of likely N-dealkylation sites (N-methyl/N-ethyl adjacent to an activating group) is 1. The van der Waals surface area contributed by atoms with Crippen molar-refractivity contribution < 1.29 is 123 Å². The summed E-state index contributed by atoms with van der Waals surface area (Å²) in [6.45, 7) is -2.10. The maximum atomic E-state index is 13.1. The molecule has 394 valence electrons. The van der Waals surface area contributed by atoms with Crippen LogP contribution in [0.5, 0.6) is 0 Å². The lowest BCUT2D eigenvalue weighted by Gasteiger charge is -2.46. The Bertz CT molecular complexity index is 1580. The summed E-state index contributed by atoms with van der Waals surface area (Å²) in [5.41, 5.74) is 0. The molecule has 30 nitrogen and oxygen atoms in total. The number of rotatable bonds is 24. The lowest BCUT2D eigenvalue weighted by molar-refractivity contribution is -0.366. The van der Waals surface area contributed by atoms with Crippen molar-refractivity contribution in [1.29, 1.82) is 0 Å². The van der Waals surface area contributed by atoms with E-state index in [0.29, 0.717) is 6.54 Å². The zero-order valence-corrected chi connectivity index (χ0v) is 37.2. The first-order chi connectivity index (χ1) is 32.2. The van der Waals surface area contributed by atoms with E-state index in [4.69, 9.17) is 37.9 Å². The number of hydrogen-bond donors (Lipinski definition) is 17. The van der Waals surface area contributed by atoms with E-state index in [1.807, 2.05) is 0 Å². The number of aliphatic hydroxyl groups is 13. The van der Waals surface area contributed by atoms with Gasteiger partial charge >= 0.3 is 0 Å². The Kier molecular flexibility index (Phi) is 23.3. The lowest BCUT2D eigenvalue weighted by Crippen LogP contribution is -2.65. The first kappa shape index (κ1) is 57.6. The molecule has 17 N–H and O–H groups in total. The second-order valence-corrected chi connectivity index (χ2v) is 16.4. The Labute approximate surface area is 388 Å². The van der Waals surface area contributed by atoms with Crippen LogP contribution in [0, 0.1) is 0 Å². The molecule has 4 rings (SSSR count). The molecule has 4 aliphatic heterocycles. The fourth-order valence-electron chi connectivity index (χ4n) is 7.33. The molecule has 4 heterocycles. The van der Waals surface area contributed by atoms with Gasteiger partial charge in [-0.05, 0) is 13.8 Å². The van der Waals surface area contributed by atoms with Crippen molar-refractivity contribution in [3.63, 3.8) is 0 Å². The van der Waals surface area contributed by atoms with Crippen molar-refractivity contribution in [1.82, 2.24) is 26.2 Å². The summed E-state index contributed by atoms with van der Waals surface area (Å²) in [5, 5.41) is 143. The molecule has 0 aromatic rings. The zero-order chi connectivity index (χ0) is 50.4. The molecule has 68 heavy (non-hydrogen) atoms. The van der Waals surface area contributed by atoms with Gasteiger partial charge in [0.1, 0.15) is 91.6 Å². The molecule has 4 fully saturated rings. The number of aliphatic hydroxyl groups excluding tert-OH is 13. The van der Waals surface area contributed by atoms with E-state index in [-0.39, 0.29) is 19.7 Å². The van der Waals surface area contributed by atoms with Crippen molar-refractivity contribution in [2.24, 2.45) is 0 Å². The van der Waals surface area contributed by atoms with Crippen LogP contribution < -0.4 is 21.3 Å². The van der Waals surface area contributed by atoms with Crippen molar-refractivity contribution >= 4 is 23.6 Å². The fourth-order valence-corrected chi connectivity index (χ4v) is 7.33. The van der Waals surface area contributed by atoms with E-state index in [0.717, 1.165) is 4.90 Å². The Morgan fingerprint density at radius 3 is 1.44 bits per heavy atom. The molecule has 0 spiro atoms. The largest absolute Gasteiger partial charge is 0.394 e. The predicted octanol–water partition coefficient (Wildman–Crippen LogP) is -11.9. The van der Waals surface area contributed by atoms with Crippen LogP contribution in [0.3, 0.4) is 0 Å². The van der Waals surface area contributed by atoms with E-state index >= 15 is 0 Å². The molecule has 4 saturated heterocycles. The van der Waals surface area contributed by atoms with Crippen LogP contribution in [0.2, 0.25) is 0 Å². The van der Waals surface area contributed by atoms with E-state index < -0.39 is 199 Å². The van der Waals surface area contributed by atoms with Gasteiger partial charge in [0, 0.05) is 19.6 Å². The van der Waals surface area contributed by atoms with Gasteiger partial charge in [0.2, 0.25) is 23.6 Å². The van der Waals surface area contributed by atoms with E-state index in [9.17, 15) is 85.6 Å². The Morgan fingerprint density at radius 1 is 0.485 bits per heavy atom. The number of carbonyl (C=O) groups is 4. The molecule has 0 aromatic carbocycles. The highest BCUT2D eigenvalue weighted by molar-refractivity contribution is 5.87. The van der Waals surface area contributed by atoms with Crippen LogP contribution in [0.15, 0.2) is 0 Å². The number of nitrogens with one attached hydrogen (secondary N) is 4. The summed E-state index contributed by atoms with van der Waals surface area (Å²) < 4.78 is 44.0. The zero-order valence-electron chi connectivity index (χ0n) is 37.2. The third-order valence-electron chi connectivity index (χ3n) is 11.2. The Balaban J connectivity index is 1.37. The summed E-state index contributed by atoms with van der Waals surface area (Å²) in [6, 6.07) is 0. The van der Waals surface area contributed by atoms with Crippen molar-refractivity contribution in [3.8, 4) is 0 Å². The summed E-state index contributed by atoms with van der Waals surface area (Å²) in [4.78, 5) is 51.8. The van der Waals surface area contributed by atoms with Gasteiger partial charge in [-0.15, -0.1) is 0 Å². The fraction of sp³-hybridized carbons (Fsp3) is 0.895. The maximum absolute atomic E-state index is 13.1. The lowest BCUT2D eigenvalue weighted by atomic mass is 9.96. The molecule has 0 bridgehead atoms. The van der Waals surface area contributed by atoms with Crippen LogP contribution in [-0.4, -0.2) is 297 Å². The molecule has 4 aliphatic rings. The minimum Gasteiger partial charge on any atom is -0.394 e. The van der Waals surface area contributed by atoms with Gasteiger partial charge in [0.15, 0.2) is 25.2 Å². The minimum atomic E-state index is -1.98. The summed E-state index contributed by atoms with van der Waals surface area (Å²) in [6.07, 6.45) is -33.1. The minimum absolute atomic E-state index is 0.152. The highest BCUT2D eigenvalue weighted by Gasteiger charge is 2.52. The topological polar surface area (TPSA) is 456 Å². The van der Waals surface area contributed by atoms with Crippen LogP contribution in [-0.2, 0) is 57.1 Å². The molecule has 20 atom stereocenters. The smallest absolute Gasteiger partial charge is 0.239 e. The van der Waals surface area contributed by atoms with Gasteiger partial charge in [-0.2, -0.15) is 0 Å². The average Bonchev–Trinajstić information content (AvgIpc) is 3.30. The Hall–Kier alpha value is -3.00. The molecule has 0 radical (unpaired) electrons. The quantitative estimate of drug-likeness (QED) is 0.0399. The third kappa shape index (κ3) is 15.8. The molecule has 0 aromatic heterocycles. The van der Waals surface area contributed by atoms with Gasteiger partial charge in [0.05, 0.1) is 65.3 Å². The molecule has 0 aliphatic carbocycles. The molecule has 30 heteroatoms. The SMILES string of the molecule is CCNC(=O)CNC(=O)CN(CC(=O)NCCO[C@@H]1O[C@@H](C)[C@@H](O)[C@@H](O)[C@@H]1O)CC(=O)NCCO[C@H]1O[C@H](CO[C@H]2O[C@H](CO)[C@@H](O)[C@H](O)[C@@H]2O)[C@@H](O)[C@H](O[C@H]2O[C@H](CO)[C@@H](O)[C@H](O)[C@@H]2O)[C@@H]1O. The first-order valence-corrected chi connectivity index (χ1v) is 21.8. The standard InChI is InChI=1S/C38H67N5O25/c1-3-39-19(46)8-42-22(49)11-43(9-20(47)40-4-6-61-35-30(57)27(54)23(50)15(2)64-35)10-21(48)41-5-7-62-37-33(60)34(68-38-32(59)29(56)25(52)17(13-45)66-38)26(53)18(67-37)14-63-36-31(58)28(55)24(51)16(12-44)65-36/h15-18,23-38,44-45,50-60H,3-14H2,1-2H3,(H,39,46)(H,40,47)(H,41,48)(H,42,49)/t15-,16+,17+,18+,23+,24+,25+,26+,27+,28-,29-,30-,31-,32-,33-,34-,35+,36-,37-,38+/m0/s1. The van der Waals surface area contributed by atoms with Crippen LogP contribution >= 0.6 is 0 Å². The Morgan fingerprint density at radius 2 is 0.926 bits per heavy atom. The van der Waals surface area contributed by atoms with Gasteiger partial charge < -0.3 is 126 Å². The van der Waals surface area contributed by atoms with Crippen LogP contribution in [0.25, 0.3) is 0 Å². The van der Waals surface area contributed by atoms with Crippen molar-refractivity contribution in [2.45, 2.75) is 137 Å². The van der Waals surface area contributed by atoms with Gasteiger partial charge in [-0.25, -0.2) is 0 Å². The second kappa shape index (κ2) is 27.6. The van der Waals surface area contributed by atoms with Crippen molar-refractivity contribution in [2.75, 3.05) is 78.8 Å². The second-order valence-electron chi connectivity index (χ2n) is 16.4. The highest BCUT2D eigenvalue weighted by atomic mass is 16.8. The number of carbonyl (C=O) groups excluding carboxylic acids is 4. The number of amides is 4. The van der Waals surface area contributed by atoms with Crippen LogP contribution in [0.4, 0.5) is 0 Å². The molecule has 0 unspecified atom stereocenters. The maximum Gasteiger partial charge on any atom is 0.239 e. The molecule has 0 saturated carbocycles. The van der Waals surface area contributed by atoms with E-state index in [1.54, 1.807) is 6.92 Å². The molecular formula is C38H67N5O25. The number of ether oxygens (including phenoxy) is 8. The summed E-state index contributed by atoms with van der Waals surface area (Å²) >= 11 is 0. The normalized spacial score (nSPS) is 38.7.